The second-order valence-corrected chi connectivity index (χ2v) is 9.79. The van der Waals surface area contributed by atoms with Gasteiger partial charge in [-0.15, -0.1) is 0 Å². The van der Waals surface area contributed by atoms with Gasteiger partial charge in [-0.05, 0) is 44.5 Å². The second kappa shape index (κ2) is 10.2. The zero-order valence-corrected chi connectivity index (χ0v) is 20.3. The van der Waals surface area contributed by atoms with Gasteiger partial charge in [0, 0.05) is 35.2 Å². The number of hydrogen-bond donors (Lipinski definition) is 1. The third kappa shape index (κ3) is 5.42. The molecule has 1 aromatic rings. The zero-order chi connectivity index (χ0) is 23.5. The van der Waals surface area contributed by atoms with Crippen molar-refractivity contribution in [3.8, 4) is 0 Å². The van der Waals surface area contributed by atoms with E-state index in [0.717, 1.165) is 17.8 Å². The lowest BCUT2D eigenvalue weighted by molar-refractivity contribution is -0.139. The monoisotopic (exact) mass is 460 g/mol. The number of nitrogens with zero attached hydrogens (tertiary/aromatic N) is 1. The van der Waals surface area contributed by atoms with Gasteiger partial charge in [0.05, 0.1) is 31.1 Å². The molecule has 2 aliphatic rings. The average Bonchev–Trinajstić information content (AvgIpc) is 2.69. The van der Waals surface area contributed by atoms with E-state index in [1.165, 1.54) is 0 Å². The Bertz CT molecular complexity index is 949. The van der Waals surface area contributed by atoms with E-state index in [4.69, 9.17) is 21.1 Å². The predicted molar refractivity (Wildman–Crippen MR) is 125 cm³/mol. The van der Waals surface area contributed by atoms with Gasteiger partial charge in [0.25, 0.3) is 0 Å². The maximum absolute atomic E-state index is 13.4. The molecular formula is C25H33ClN2O4. The summed E-state index contributed by atoms with van der Waals surface area (Å²) in [5.41, 5.74) is 3.04. The molecule has 174 valence electrons. The molecule has 0 radical (unpaired) electrons. The van der Waals surface area contributed by atoms with Gasteiger partial charge in [-0.1, -0.05) is 43.6 Å². The van der Waals surface area contributed by atoms with Gasteiger partial charge < -0.3 is 19.7 Å². The van der Waals surface area contributed by atoms with Gasteiger partial charge in [-0.2, -0.15) is 0 Å². The Kier molecular flexibility index (Phi) is 7.80. The molecule has 0 fully saturated rings. The van der Waals surface area contributed by atoms with Gasteiger partial charge >= 0.3 is 5.97 Å². The Morgan fingerprint density at radius 3 is 2.62 bits per heavy atom. The lowest BCUT2D eigenvalue weighted by Gasteiger charge is -2.40. The van der Waals surface area contributed by atoms with Crippen molar-refractivity contribution in [1.82, 2.24) is 10.2 Å². The number of nitrogens with one attached hydrogen (secondary N) is 1. The molecule has 0 bridgehead atoms. The molecule has 0 spiro atoms. The topological polar surface area (TPSA) is 67.9 Å². The van der Waals surface area contributed by atoms with E-state index in [9.17, 15) is 9.59 Å². The fourth-order valence-electron chi connectivity index (χ4n) is 4.35. The summed E-state index contributed by atoms with van der Waals surface area (Å²) >= 11 is 6.58. The SMILES string of the molecule is CCOC(=O)C1=C(COCCN(C)C)NC2=C(C(=O)CC(C)(C)C2)C1c1ccccc1Cl. The van der Waals surface area contributed by atoms with Crippen molar-refractivity contribution in [2.24, 2.45) is 5.41 Å². The summed E-state index contributed by atoms with van der Waals surface area (Å²) in [6.45, 7) is 7.66. The maximum Gasteiger partial charge on any atom is 0.336 e. The Morgan fingerprint density at radius 2 is 1.97 bits per heavy atom. The number of halogens is 1. The summed E-state index contributed by atoms with van der Waals surface area (Å²) in [5.74, 6) is -1.02. The zero-order valence-electron chi connectivity index (χ0n) is 19.6. The summed E-state index contributed by atoms with van der Waals surface area (Å²) in [4.78, 5) is 28.6. The Labute approximate surface area is 195 Å². The minimum absolute atomic E-state index is 0.0306. The van der Waals surface area contributed by atoms with Crippen LogP contribution in [-0.4, -0.2) is 57.1 Å². The summed E-state index contributed by atoms with van der Waals surface area (Å²) in [6, 6.07) is 7.37. The molecule has 1 unspecified atom stereocenters. The number of likely N-dealkylation sites (N-methyl/N-ethyl adjacent to an activating group) is 1. The Morgan fingerprint density at radius 1 is 1.25 bits per heavy atom. The lowest BCUT2D eigenvalue weighted by atomic mass is 9.68. The number of carbonyl (C=O) groups is 2. The molecule has 32 heavy (non-hydrogen) atoms. The number of rotatable bonds is 8. The molecule has 0 amide bonds. The molecule has 3 rings (SSSR count). The Hall–Kier alpha value is -2.15. The molecule has 0 aromatic heterocycles. The van der Waals surface area contributed by atoms with Crippen LogP contribution in [0.2, 0.25) is 5.02 Å². The van der Waals surface area contributed by atoms with Crippen LogP contribution in [0, 0.1) is 5.41 Å². The molecular weight excluding hydrogens is 428 g/mol. The van der Waals surface area contributed by atoms with Crippen LogP contribution in [0.15, 0.2) is 46.8 Å². The molecule has 0 saturated heterocycles. The summed E-state index contributed by atoms with van der Waals surface area (Å²) in [5, 5.41) is 3.91. The fourth-order valence-corrected chi connectivity index (χ4v) is 4.60. The van der Waals surface area contributed by atoms with Crippen LogP contribution in [0.5, 0.6) is 0 Å². The largest absolute Gasteiger partial charge is 0.463 e. The van der Waals surface area contributed by atoms with E-state index >= 15 is 0 Å². The van der Waals surface area contributed by atoms with Crippen LogP contribution in [-0.2, 0) is 19.1 Å². The summed E-state index contributed by atoms with van der Waals surface area (Å²) in [7, 11) is 3.96. The lowest BCUT2D eigenvalue weighted by Crippen LogP contribution is -2.40. The highest BCUT2D eigenvalue weighted by molar-refractivity contribution is 6.31. The average molecular weight is 461 g/mol. The molecule has 0 saturated carbocycles. The predicted octanol–water partition coefficient (Wildman–Crippen LogP) is 4.07. The van der Waals surface area contributed by atoms with Crippen LogP contribution >= 0.6 is 11.6 Å². The highest BCUT2D eigenvalue weighted by Crippen LogP contribution is 2.48. The number of carbonyl (C=O) groups excluding carboxylic acids is 2. The Balaban J connectivity index is 2.12. The van der Waals surface area contributed by atoms with Gasteiger partial charge in [-0.25, -0.2) is 4.79 Å². The number of allylic oxidation sites excluding steroid dienone is 2. The van der Waals surface area contributed by atoms with Crippen LogP contribution < -0.4 is 5.32 Å². The molecule has 1 aliphatic heterocycles. The van der Waals surface area contributed by atoms with E-state index in [0.29, 0.717) is 41.3 Å². The third-order valence-corrected chi connectivity index (χ3v) is 6.11. The third-order valence-electron chi connectivity index (χ3n) is 5.77. The molecule has 1 aromatic carbocycles. The molecule has 1 heterocycles. The molecule has 7 heteroatoms. The highest BCUT2D eigenvalue weighted by atomic mass is 35.5. The van der Waals surface area contributed by atoms with Crippen LogP contribution in [0.3, 0.4) is 0 Å². The first-order valence-corrected chi connectivity index (χ1v) is 11.4. The summed E-state index contributed by atoms with van der Waals surface area (Å²) < 4.78 is 11.3. The maximum atomic E-state index is 13.4. The van der Waals surface area contributed by atoms with Crippen molar-refractivity contribution >= 4 is 23.4 Å². The number of benzene rings is 1. The van der Waals surface area contributed by atoms with Crippen LogP contribution in [0.4, 0.5) is 0 Å². The smallest absolute Gasteiger partial charge is 0.336 e. The van der Waals surface area contributed by atoms with E-state index in [-0.39, 0.29) is 24.4 Å². The van der Waals surface area contributed by atoms with Crippen molar-refractivity contribution in [2.45, 2.75) is 39.5 Å². The van der Waals surface area contributed by atoms with Crippen molar-refractivity contribution < 1.29 is 19.1 Å². The van der Waals surface area contributed by atoms with Crippen molar-refractivity contribution in [3.63, 3.8) is 0 Å². The highest BCUT2D eigenvalue weighted by Gasteiger charge is 2.44. The molecule has 1 atom stereocenters. The van der Waals surface area contributed by atoms with Gasteiger partial charge in [0.1, 0.15) is 0 Å². The fraction of sp³-hybridized carbons (Fsp3) is 0.520. The molecule has 6 nitrogen and oxygen atoms in total. The van der Waals surface area contributed by atoms with Crippen molar-refractivity contribution in [1.29, 1.82) is 0 Å². The van der Waals surface area contributed by atoms with Gasteiger partial charge in [0.2, 0.25) is 0 Å². The van der Waals surface area contributed by atoms with Crippen LogP contribution in [0.25, 0.3) is 0 Å². The number of ether oxygens (including phenoxy) is 2. The van der Waals surface area contributed by atoms with E-state index in [2.05, 4.69) is 19.2 Å². The van der Waals surface area contributed by atoms with E-state index in [1.54, 1.807) is 13.0 Å². The molecule has 1 aliphatic carbocycles. The van der Waals surface area contributed by atoms with Crippen molar-refractivity contribution in [3.05, 3.63) is 57.4 Å². The number of esters is 1. The van der Waals surface area contributed by atoms with Gasteiger partial charge in [0.15, 0.2) is 5.78 Å². The normalized spacial score (nSPS) is 20.3. The van der Waals surface area contributed by atoms with Crippen LogP contribution in [0.1, 0.15) is 45.1 Å². The van der Waals surface area contributed by atoms with Crippen molar-refractivity contribution in [2.75, 3.05) is 40.5 Å². The number of dihydropyridines is 1. The number of Topliss-reactive ketones (excluding diaryl/α,β-unsaturated/α-hetero) is 1. The first kappa shape index (κ1) is 24.5. The minimum atomic E-state index is -0.588. The first-order chi connectivity index (χ1) is 15.1. The van der Waals surface area contributed by atoms with E-state index < -0.39 is 11.9 Å². The van der Waals surface area contributed by atoms with E-state index in [1.807, 2.05) is 37.2 Å². The number of ketones is 1. The number of hydrogen-bond acceptors (Lipinski definition) is 6. The molecule has 1 N–H and O–H groups in total. The quantitative estimate of drug-likeness (QED) is 0.466. The summed E-state index contributed by atoms with van der Waals surface area (Å²) in [6.07, 6.45) is 1.12. The van der Waals surface area contributed by atoms with Gasteiger partial charge in [-0.3, -0.25) is 4.79 Å². The second-order valence-electron chi connectivity index (χ2n) is 9.38. The standard InChI is InChI=1S/C25H33ClN2O4/c1-6-32-24(30)23-19(15-31-12-11-28(4)5)27-18-13-25(2,3)14-20(29)22(18)21(23)16-9-7-8-10-17(16)26/h7-10,21,27H,6,11-15H2,1-5H3. The first-order valence-electron chi connectivity index (χ1n) is 11.0. The minimum Gasteiger partial charge on any atom is -0.463 e.